The second-order valence-corrected chi connectivity index (χ2v) is 4.26. The smallest absolute Gasteiger partial charge is 0.307 e. The lowest BCUT2D eigenvalue weighted by Crippen LogP contribution is -2.20. The summed E-state index contributed by atoms with van der Waals surface area (Å²) in [6.07, 6.45) is 3.35. The van der Waals surface area contributed by atoms with E-state index < -0.39 is 11.8 Å². The minimum absolute atomic E-state index is 0.0839. The number of hydrogen-bond donors (Lipinski definition) is 1. The molecule has 4 nitrogen and oxygen atoms in total. The average molecular weight is 210 g/mol. The van der Waals surface area contributed by atoms with Crippen molar-refractivity contribution < 1.29 is 19.4 Å². The van der Waals surface area contributed by atoms with E-state index in [1.54, 1.807) is 6.08 Å². The van der Waals surface area contributed by atoms with Crippen LogP contribution in [0.1, 0.15) is 33.1 Å². The zero-order chi connectivity index (χ0) is 11.1. The molecule has 0 atom stereocenters. The standard InChI is InChI=1S/C11H14O4/c1-11(2)14-8-4-3-7(6-10(12)13)5-9(8)15-11/h5H,3-4,6H2,1-2H3,(H,12,13). The van der Waals surface area contributed by atoms with Crippen LogP contribution in [0.25, 0.3) is 0 Å². The van der Waals surface area contributed by atoms with Crippen LogP contribution < -0.4 is 0 Å². The highest BCUT2D eigenvalue weighted by atomic mass is 16.7. The van der Waals surface area contributed by atoms with Crippen LogP contribution >= 0.6 is 0 Å². The molecule has 0 unspecified atom stereocenters. The lowest BCUT2D eigenvalue weighted by molar-refractivity contribution is -0.136. The molecule has 0 amide bonds. The molecule has 0 aromatic rings. The molecule has 2 rings (SSSR count). The molecule has 1 aliphatic heterocycles. The Morgan fingerprint density at radius 3 is 2.87 bits per heavy atom. The van der Waals surface area contributed by atoms with E-state index in [2.05, 4.69) is 0 Å². The largest absolute Gasteiger partial charge is 0.481 e. The van der Waals surface area contributed by atoms with Crippen LogP contribution in [-0.2, 0) is 14.3 Å². The molecule has 1 heterocycles. The molecule has 0 bridgehead atoms. The van der Waals surface area contributed by atoms with Gasteiger partial charge in [-0.3, -0.25) is 4.79 Å². The number of carboxylic acid groups (broad SMARTS) is 1. The van der Waals surface area contributed by atoms with Crippen molar-refractivity contribution >= 4 is 5.97 Å². The Morgan fingerprint density at radius 2 is 2.20 bits per heavy atom. The van der Waals surface area contributed by atoms with Crippen LogP contribution in [0.4, 0.5) is 0 Å². The Balaban J connectivity index is 2.13. The zero-order valence-corrected chi connectivity index (χ0v) is 8.87. The Bertz CT molecular complexity index is 363. The van der Waals surface area contributed by atoms with E-state index in [9.17, 15) is 4.79 Å². The first-order valence-corrected chi connectivity index (χ1v) is 4.99. The van der Waals surface area contributed by atoms with Crippen molar-refractivity contribution in [2.45, 2.75) is 38.9 Å². The van der Waals surface area contributed by atoms with E-state index in [0.717, 1.165) is 24.2 Å². The number of allylic oxidation sites excluding steroid dienone is 2. The van der Waals surface area contributed by atoms with Gasteiger partial charge in [-0.25, -0.2) is 0 Å². The number of carboxylic acids is 1. The van der Waals surface area contributed by atoms with Crippen molar-refractivity contribution in [2.24, 2.45) is 0 Å². The quantitative estimate of drug-likeness (QED) is 0.758. The predicted octanol–water partition coefficient (Wildman–Crippen LogP) is 2.18. The van der Waals surface area contributed by atoms with Crippen molar-refractivity contribution in [3.63, 3.8) is 0 Å². The van der Waals surface area contributed by atoms with Crippen LogP contribution in [0.2, 0.25) is 0 Å². The molecular weight excluding hydrogens is 196 g/mol. The summed E-state index contributed by atoms with van der Waals surface area (Å²) in [6, 6.07) is 0. The van der Waals surface area contributed by atoms with Crippen molar-refractivity contribution in [3.05, 3.63) is 23.2 Å². The summed E-state index contributed by atoms with van der Waals surface area (Å²) >= 11 is 0. The number of aliphatic carboxylic acids is 1. The summed E-state index contributed by atoms with van der Waals surface area (Å²) < 4.78 is 11.1. The average Bonchev–Trinajstić information content (AvgIpc) is 2.36. The summed E-state index contributed by atoms with van der Waals surface area (Å²) in [5, 5.41) is 8.68. The molecule has 0 saturated heterocycles. The molecule has 0 spiro atoms. The summed E-state index contributed by atoms with van der Waals surface area (Å²) in [7, 11) is 0. The predicted molar refractivity (Wildman–Crippen MR) is 52.8 cm³/mol. The number of hydrogen-bond acceptors (Lipinski definition) is 3. The molecule has 4 heteroatoms. The van der Waals surface area contributed by atoms with Crippen molar-refractivity contribution in [2.75, 3.05) is 0 Å². The highest BCUT2D eigenvalue weighted by Gasteiger charge is 2.34. The first-order valence-electron chi connectivity index (χ1n) is 4.99. The van der Waals surface area contributed by atoms with Crippen molar-refractivity contribution in [1.82, 2.24) is 0 Å². The Kier molecular flexibility index (Phi) is 2.21. The van der Waals surface area contributed by atoms with Gasteiger partial charge >= 0.3 is 5.97 Å². The number of rotatable bonds is 2. The summed E-state index contributed by atoms with van der Waals surface area (Å²) in [4.78, 5) is 10.6. The van der Waals surface area contributed by atoms with Crippen molar-refractivity contribution in [1.29, 1.82) is 0 Å². The van der Waals surface area contributed by atoms with Gasteiger partial charge in [-0.1, -0.05) is 5.57 Å². The number of ether oxygens (including phenoxy) is 2. The zero-order valence-electron chi connectivity index (χ0n) is 8.87. The van der Waals surface area contributed by atoms with Gasteiger partial charge in [-0.05, 0) is 12.5 Å². The Morgan fingerprint density at radius 1 is 1.47 bits per heavy atom. The SMILES string of the molecule is CC1(C)OC2=C(CCC(CC(=O)O)=C2)O1. The lowest BCUT2D eigenvalue weighted by Gasteiger charge is -2.18. The maximum Gasteiger partial charge on any atom is 0.307 e. The van der Waals surface area contributed by atoms with E-state index in [4.69, 9.17) is 14.6 Å². The van der Waals surface area contributed by atoms with E-state index in [1.165, 1.54) is 0 Å². The first-order chi connectivity index (χ1) is 6.96. The monoisotopic (exact) mass is 210 g/mol. The fourth-order valence-corrected chi connectivity index (χ4v) is 1.84. The summed E-state index contributed by atoms with van der Waals surface area (Å²) in [6.45, 7) is 3.69. The molecule has 1 aliphatic carbocycles. The third-order valence-electron chi connectivity index (χ3n) is 2.39. The van der Waals surface area contributed by atoms with Gasteiger partial charge in [0.1, 0.15) is 5.76 Å². The fraction of sp³-hybridized carbons (Fsp3) is 0.545. The Hall–Kier alpha value is -1.45. The normalized spacial score (nSPS) is 22.7. The maximum atomic E-state index is 10.6. The molecular formula is C11H14O4. The van der Waals surface area contributed by atoms with E-state index in [-0.39, 0.29) is 6.42 Å². The molecule has 1 N–H and O–H groups in total. The van der Waals surface area contributed by atoms with Gasteiger partial charge in [0.2, 0.25) is 5.79 Å². The number of carbonyl (C=O) groups is 1. The van der Waals surface area contributed by atoms with Gasteiger partial charge in [-0.15, -0.1) is 0 Å². The molecule has 0 saturated carbocycles. The van der Waals surface area contributed by atoms with Gasteiger partial charge in [-0.2, -0.15) is 0 Å². The molecule has 0 aromatic heterocycles. The molecule has 82 valence electrons. The molecule has 0 radical (unpaired) electrons. The molecule has 15 heavy (non-hydrogen) atoms. The second kappa shape index (κ2) is 3.29. The van der Waals surface area contributed by atoms with Crippen LogP contribution in [0.3, 0.4) is 0 Å². The molecule has 2 aliphatic rings. The van der Waals surface area contributed by atoms with Gasteiger partial charge in [0.25, 0.3) is 0 Å². The molecule has 0 fully saturated rings. The fourth-order valence-electron chi connectivity index (χ4n) is 1.84. The lowest BCUT2D eigenvalue weighted by atomic mass is 10.00. The second-order valence-electron chi connectivity index (χ2n) is 4.26. The van der Waals surface area contributed by atoms with Crippen LogP contribution in [-0.4, -0.2) is 16.9 Å². The van der Waals surface area contributed by atoms with E-state index in [0.29, 0.717) is 5.76 Å². The minimum Gasteiger partial charge on any atom is -0.481 e. The molecule has 0 aromatic carbocycles. The third kappa shape index (κ3) is 2.14. The third-order valence-corrected chi connectivity index (χ3v) is 2.39. The Labute approximate surface area is 88.2 Å². The highest BCUT2D eigenvalue weighted by molar-refractivity contribution is 5.70. The summed E-state index contributed by atoms with van der Waals surface area (Å²) in [5.74, 6) is 0.125. The van der Waals surface area contributed by atoms with Crippen LogP contribution in [0.5, 0.6) is 0 Å². The first kappa shape index (κ1) is 10.1. The van der Waals surface area contributed by atoms with Gasteiger partial charge in [0.15, 0.2) is 5.76 Å². The van der Waals surface area contributed by atoms with Crippen molar-refractivity contribution in [3.8, 4) is 0 Å². The van der Waals surface area contributed by atoms with E-state index >= 15 is 0 Å². The maximum absolute atomic E-state index is 10.6. The van der Waals surface area contributed by atoms with Gasteiger partial charge < -0.3 is 14.6 Å². The van der Waals surface area contributed by atoms with E-state index in [1.807, 2.05) is 13.8 Å². The van der Waals surface area contributed by atoms with Crippen LogP contribution in [0.15, 0.2) is 23.2 Å². The topological polar surface area (TPSA) is 55.8 Å². The minimum atomic E-state index is -0.802. The van der Waals surface area contributed by atoms with Gasteiger partial charge in [0.05, 0.1) is 6.42 Å². The highest BCUT2D eigenvalue weighted by Crippen LogP contribution is 2.38. The van der Waals surface area contributed by atoms with Gasteiger partial charge in [0, 0.05) is 20.3 Å². The van der Waals surface area contributed by atoms with Crippen LogP contribution in [0, 0.1) is 0 Å². The summed E-state index contributed by atoms with van der Waals surface area (Å²) in [5.41, 5.74) is 0.891.